The third-order valence-corrected chi connectivity index (χ3v) is 8.55. The molecular weight excluding hydrogens is 396 g/mol. The number of esters is 1. The highest BCUT2D eigenvalue weighted by atomic mass is 32.2. The lowest BCUT2D eigenvalue weighted by molar-refractivity contribution is 0.0595. The number of thiophene rings is 1. The minimum Gasteiger partial charge on any atom is -0.465 e. The summed E-state index contributed by atoms with van der Waals surface area (Å²) in [4.78, 5) is 15.7. The number of nitrogens with one attached hydrogen (secondary N) is 1. The van der Waals surface area contributed by atoms with Crippen LogP contribution in [0.2, 0.25) is 0 Å². The van der Waals surface area contributed by atoms with E-state index in [-0.39, 0.29) is 15.8 Å². The van der Waals surface area contributed by atoms with Crippen molar-refractivity contribution in [3.05, 3.63) is 51.4 Å². The Hall–Kier alpha value is -1.74. The topological polar surface area (TPSA) is 75.7 Å². The van der Waals surface area contributed by atoms with Crippen LogP contribution in [0.1, 0.15) is 44.8 Å². The molecule has 2 aliphatic rings. The number of methoxy groups -OCH3 is 1. The molecular formula is C20H24N2O4S2. The van der Waals surface area contributed by atoms with Gasteiger partial charge in [-0.05, 0) is 42.9 Å². The number of carbonyl (C=O) groups is 1. The molecule has 1 aromatic heterocycles. The molecule has 1 saturated carbocycles. The molecule has 1 N–H and O–H groups in total. The van der Waals surface area contributed by atoms with Crippen molar-refractivity contribution in [2.24, 2.45) is 0 Å². The number of hydrogen-bond acceptors (Lipinski definition) is 6. The minimum atomic E-state index is -3.71. The van der Waals surface area contributed by atoms with Crippen molar-refractivity contribution in [1.82, 2.24) is 9.62 Å². The molecule has 1 aromatic carbocycles. The van der Waals surface area contributed by atoms with Gasteiger partial charge in [0.25, 0.3) is 10.0 Å². The first-order chi connectivity index (χ1) is 13.4. The standard InChI is InChI=1S/C20H24N2O4S2/c1-13-5-3-4-6-14(13)11-22-10-9-16-17(12-22)27-20(18(16)19(23)26-2)28(24,25)21-15-7-8-15/h3-6,15,21H,7-12H2,1-2H3. The lowest BCUT2D eigenvalue weighted by Crippen LogP contribution is -2.30. The van der Waals surface area contributed by atoms with Crippen LogP contribution in [-0.4, -0.2) is 39.0 Å². The summed E-state index contributed by atoms with van der Waals surface area (Å²) in [6.07, 6.45) is 2.34. The SMILES string of the molecule is COC(=O)c1c(S(=O)(=O)NC2CC2)sc2c1CCN(Cc1ccccc1C)C2. The number of hydrogen-bond donors (Lipinski definition) is 1. The monoisotopic (exact) mass is 420 g/mol. The highest BCUT2D eigenvalue weighted by Gasteiger charge is 2.36. The second-order valence-corrected chi connectivity index (χ2v) is 10.5. The van der Waals surface area contributed by atoms with Gasteiger partial charge in [0.2, 0.25) is 0 Å². The molecule has 1 aliphatic heterocycles. The Morgan fingerprint density at radius 1 is 1.32 bits per heavy atom. The Bertz CT molecular complexity index is 1010. The third kappa shape index (κ3) is 3.87. The summed E-state index contributed by atoms with van der Waals surface area (Å²) in [7, 11) is -2.41. The summed E-state index contributed by atoms with van der Waals surface area (Å²) in [5.74, 6) is -0.568. The van der Waals surface area contributed by atoms with E-state index in [9.17, 15) is 13.2 Å². The van der Waals surface area contributed by atoms with Crippen molar-refractivity contribution < 1.29 is 17.9 Å². The number of carbonyl (C=O) groups excluding carboxylic acids is 1. The van der Waals surface area contributed by atoms with Gasteiger partial charge in [0, 0.05) is 30.6 Å². The van der Waals surface area contributed by atoms with E-state index in [0.717, 1.165) is 36.4 Å². The van der Waals surface area contributed by atoms with Gasteiger partial charge in [0.05, 0.1) is 12.7 Å². The van der Waals surface area contributed by atoms with Gasteiger partial charge in [-0.2, -0.15) is 0 Å². The zero-order valence-electron chi connectivity index (χ0n) is 16.0. The Kier molecular flexibility index (Phi) is 5.30. The number of fused-ring (bicyclic) bond motifs is 1. The molecule has 2 aromatic rings. The average molecular weight is 421 g/mol. The molecule has 0 amide bonds. The van der Waals surface area contributed by atoms with E-state index in [0.29, 0.717) is 13.0 Å². The number of aryl methyl sites for hydroxylation is 1. The fourth-order valence-corrected chi connectivity index (χ4v) is 6.82. The van der Waals surface area contributed by atoms with E-state index in [4.69, 9.17) is 4.74 Å². The smallest absolute Gasteiger partial charge is 0.340 e. The van der Waals surface area contributed by atoms with E-state index in [1.807, 2.05) is 12.1 Å². The highest BCUT2D eigenvalue weighted by Crippen LogP contribution is 2.38. The van der Waals surface area contributed by atoms with Gasteiger partial charge < -0.3 is 4.74 Å². The maximum Gasteiger partial charge on any atom is 0.340 e. The van der Waals surface area contributed by atoms with Crippen LogP contribution < -0.4 is 4.72 Å². The summed E-state index contributed by atoms with van der Waals surface area (Å²) in [6.45, 7) is 4.31. The van der Waals surface area contributed by atoms with Gasteiger partial charge in [-0.1, -0.05) is 24.3 Å². The van der Waals surface area contributed by atoms with Gasteiger partial charge in [-0.3, -0.25) is 4.90 Å². The molecule has 0 saturated heterocycles. The normalized spacial score (nSPS) is 17.4. The maximum absolute atomic E-state index is 12.8. The minimum absolute atomic E-state index is 0.00724. The first-order valence-electron chi connectivity index (χ1n) is 9.41. The van der Waals surface area contributed by atoms with Crippen molar-refractivity contribution in [3.63, 3.8) is 0 Å². The van der Waals surface area contributed by atoms with Crippen molar-refractivity contribution in [1.29, 1.82) is 0 Å². The average Bonchev–Trinajstić information content (AvgIpc) is 3.38. The van der Waals surface area contributed by atoms with Crippen LogP contribution in [0.5, 0.6) is 0 Å². The Balaban J connectivity index is 1.64. The summed E-state index contributed by atoms with van der Waals surface area (Å²) in [5, 5.41) is 0. The number of nitrogens with zero attached hydrogens (tertiary/aromatic N) is 1. The van der Waals surface area contributed by atoms with E-state index >= 15 is 0 Å². The van der Waals surface area contributed by atoms with Crippen LogP contribution in [-0.2, 0) is 34.3 Å². The van der Waals surface area contributed by atoms with E-state index < -0.39 is 16.0 Å². The quantitative estimate of drug-likeness (QED) is 0.728. The second-order valence-electron chi connectivity index (χ2n) is 7.44. The van der Waals surface area contributed by atoms with Crippen molar-refractivity contribution in [2.75, 3.05) is 13.7 Å². The Morgan fingerprint density at radius 2 is 2.07 bits per heavy atom. The molecule has 0 atom stereocenters. The largest absolute Gasteiger partial charge is 0.465 e. The van der Waals surface area contributed by atoms with E-state index in [1.165, 1.54) is 29.6 Å². The molecule has 4 rings (SSSR count). The highest BCUT2D eigenvalue weighted by molar-refractivity contribution is 7.91. The molecule has 6 nitrogen and oxygen atoms in total. The van der Waals surface area contributed by atoms with Crippen LogP contribution in [0, 0.1) is 6.92 Å². The number of benzene rings is 1. The summed E-state index contributed by atoms with van der Waals surface area (Å²) in [6, 6.07) is 8.27. The van der Waals surface area contributed by atoms with Crippen molar-refractivity contribution in [2.45, 2.75) is 49.5 Å². The lowest BCUT2D eigenvalue weighted by atomic mass is 10.0. The van der Waals surface area contributed by atoms with Crippen LogP contribution in [0.3, 0.4) is 0 Å². The zero-order chi connectivity index (χ0) is 19.9. The Labute approximate surface area is 169 Å². The number of sulfonamides is 1. The van der Waals surface area contributed by atoms with Gasteiger partial charge >= 0.3 is 5.97 Å². The molecule has 150 valence electrons. The van der Waals surface area contributed by atoms with Crippen LogP contribution >= 0.6 is 11.3 Å². The molecule has 1 fully saturated rings. The first kappa shape index (κ1) is 19.6. The van der Waals surface area contributed by atoms with E-state index in [2.05, 4.69) is 28.7 Å². The fraction of sp³-hybridized carbons (Fsp3) is 0.450. The summed E-state index contributed by atoms with van der Waals surface area (Å²) >= 11 is 1.21. The van der Waals surface area contributed by atoms with Gasteiger partial charge in [0.15, 0.2) is 0 Å². The molecule has 8 heteroatoms. The van der Waals surface area contributed by atoms with Gasteiger partial charge in [-0.25, -0.2) is 17.9 Å². The summed E-state index contributed by atoms with van der Waals surface area (Å²) in [5.41, 5.74) is 3.56. The zero-order valence-corrected chi connectivity index (χ0v) is 17.7. The predicted molar refractivity (Wildman–Crippen MR) is 108 cm³/mol. The first-order valence-corrected chi connectivity index (χ1v) is 11.7. The second kappa shape index (κ2) is 7.59. The lowest BCUT2D eigenvalue weighted by Gasteiger charge is -2.27. The molecule has 0 radical (unpaired) electrons. The molecule has 0 bridgehead atoms. The van der Waals surface area contributed by atoms with E-state index in [1.54, 1.807) is 0 Å². The predicted octanol–water partition coefficient (Wildman–Crippen LogP) is 2.84. The molecule has 1 aliphatic carbocycles. The molecule has 28 heavy (non-hydrogen) atoms. The fourth-order valence-electron chi connectivity index (χ4n) is 3.57. The number of ether oxygens (including phenoxy) is 1. The Morgan fingerprint density at radius 3 is 2.75 bits per heavy atom. The van der Waals surface area contributed by atoms with Crippen LogP contribution in [0.25, 0.3) is 0 Å². The molecule has 0 spiro atoms. The van der Waals surface area contributed by atoms with Gasteiger partial charge in [-0.15, -0.1) is 11.3 Å². The maximum atomic E-state index is 12.8. The summed E-state index contributed by atoms with van der Waals surface area (Å²) < 4.78 is 33.4. The van der Waals surface area contributed by atoms with Crippen LogP contribution in [0.15, 0.2) is 28.5 Å². The molecule has 2 heterocycles. The van der Waals surface area contributed by atoms with Crippen LogP contribution in [0.4, 0.5) is 0 Å². The van der Waals surface area contributed by atoms with Gasteiger partial charge in [0.1, 0.15) is 4.21 Å². The van der Waals surface area contributed by atoms with Crippen molar-refractivity contribution >= 4 is 27.3 Å². The van der Waals surface area contributed by atoms with Crippen molar-refractivity contribution in [3.8, 4) is 0 Å². The number of rotatable bonds is 6. The third-order valence-electron chi connectivity index (χ3n) is 5.29. The molecule has 0 unspecified atom stereocenters.